The van der Waals surface area contributed by atoms with Gasteiger partial charge in [-0.3, -0.25) is 9.48 Å². The van der Waals surface area contributed by atoms with Crippen LogP contribution >= 0.6 is 0 Å². The van der Waals surface area contributed by atoms with Gasteiger partial charge in [-0.25, -0.2) is 4.79 Å². The fourth-order valence-electron chi connectivity index (χ4n) is 3.46. The maximum Gasteiger partial charge on any atom is 0.331 e. The number of nitrogens with zero attached hydrogens (tertiary/aromatic N) is 3. The van der Waals surface area contributed by atoms with Gasteiger partial charge in [0, 0.05) is 12.2 Å². The van der Waals surface area contributed by atoms with Gasteiger partial charge in [-0.1, -0.05) is 24.3 Å². The van der Waals surface area contributed by atoms with Crippen LogP contribution < -0.4 is 0 Å². The highest BCUT2D eigenvalue weighted by Crippen LogP contribution is 2.31. The third-order valence-electron chi connectivity index (χ3n) is 4.52. The molecule has 6 nitrogen and oxygen atoms in total. The van der Waals surface area contributed by atoms with E-state index in [9.17, 15) is 14.7 Å². The molecule has 1 atom stereocenters. The van der Waals surface area contributed by atoms with E-state index < -0.39 is 12.0 Å². The number of carboxylic acids is 1. The summed E-state index contributed by atoms with van der Waals surface area (Å²) in [5.41, 5.74) is 2.58. The molecule has 2 heterocycles. The lowest BCUT2D eigenvalue weighted by Crippen LogP contribution is -2.43. The Balaban J connectivity index is 1.99. The molecule has 3 rings (SSSR count). The highest BCUT2D eigenvalue weighted by atomic mass is 16.4. The number of aliphatic carboxylic acids is 1. The molecule has 2 aromatic rings. The number of rotatable bonds is 2. The lowest BCUT2D eigenvalue weighted by atomic mass is 9.92. The van der Waals surface area contributed by atoms with Gasteiger partial charge < -0.3 is 10.0 Å². The molecule has 0 bridgehead atoms. The number of hydrogen-bond acceptors (Lipinski definition) is 3. The summed E-state index contributed by atoms with van der Waals surface area (Å²) in [6.45, 7) is 8.30. The fraction of sp³-hybridized carbons (Fsp3) is 0.421. The van der Waals surface area contributed by atoms with Crippen molar-refractivity contribution in [3.63, 3.8) is 0 Å². The number of benzene rings is 1. The SMILES string of the molecule is Cc1cc(C(=O)N2CCc3ccccc3C2C(=O)O)nn1C(C)(C)C. The second kappa shape index (κ2) is 6.02. The van der Waals surface area contributed by atoms with Crippen LogP contribution in [0.4, 0.5) is 0 Å². The van der Waals surface area contributed by atoms with Crippen molar-refractivity contribution in [1.82, 2.24) is 14.7 Å². The van der Waals surface area contributed by atoms with Gasteiger partial charge in [0.15, 0.2) is 11.7 Å². The Morgan fingerprint density at radius 2 is 1.92 bits per heavy atom. The van der Waals surface area contributed by atoms with E-state index in [1.807, 2.05) is 39.8 Å². The summed E-state index contributed by atoms with van der Waals surface area (Å²) in [7, 11) is 0. The van der Waals surface area contributed by atoms with Crippen molar-refractivity contribution in [1.29, 1.82) is 0 Å². The zero-order chi connectivity index (χ0) is 18.4. The van der Waals surface area contributed by atoms with Crippen LogP contribution in [0.1, 0.15) is 54.1 Å². The van der Waals surface area contributed by atoms with Crippen LogP contribution in [0.15, 0.2) is 30.3 Å². The van der Waals surface area contributed by atoms with Crippen LogP contribution in [0.25, 0.3) is 0 Å². The van der Waals surface area contributed by atoms with Crippen LogP contribution in [0, 0.1) is 6.92 Å². The van der Waals surface area contributed by atoms with Gasteiger partial charge in [0.1, 0.15) is 0 Å². The molecule has 1 aliphatic rings. The normalized spacial score (nSPS) is 17.3. The summed E-state index contributed by atoms with van der Waals surface area (Å²) in [5.74, 6) is -1.36. The van der Waals surface area contributed by atoms with Gasteiger partial charge in [-0.15, -0.1) is 0 Å². The summed E-state index contributed by atoms with van der Waals surface area (Å²) in [4.78, 5) is 26.3. The molecule has 1 N–H and O–H groups in total. The monoisotopic (exact) mass is 341 g/mol. The first-order valence-electron chi connectivity index (χ1n) is 8.39. The number of aryl methyl sites for hydroxylation is 1. The zero-order valence-electron chi connectivity index (χ0n) is 15.0. The first-order valence-corrected chi connectivity index (χ1v) is 8.39. The van der Waals surface area contributed by atoms with E-state index in [0.717, 1.165) is 11.3 Å². The Morgan fingerprint density at radius 1 is 1.24 bits per heavy atom. The van der Waals surface area contributed by atoms with Crippen molar-refractivity contribution in [3.8, 4) is 0 Å². The minimum Gasteiger partial charge on any atom is -0.479 e. The average molecular weight is 341 g/mol. The minimum atomic E-state index is -1.02. The number of hydrogen-bond donors (Lipinski definition) is 1. The minimum absolute atomic E-state index is 0.247. The number of carboxylic acid groups (broad SMARTS) is 1. The molecule has 0 saturated heterocycles. The molecule has 25 heavy (non-hydrogen) atoms. The molecule has 6 heteroatoms. The van der Waals surface area contributed by atoms with Crippen molar-refractivity contribution in [2.45, 2.75) is 45.7 Å². The Kier molecular flexibility index (Phi) is 4.14. The molecule has 1 amide bonds. The summed E-state index contributed by atoms with van der Waals surface area (Å²) in [6.07, 6.45) is 0.644. The van der Waals surface area contributed by atoms with Crippen molar-refractivity contribution in [2.75, 3.05) is 6.54 Å². The predicted molar refractivity (Wildman–Crippen MR) is 93.5 cm³/mol. The highest BCUT2D eigenvalue weighted by Gasteiger charge is 2.37. The quantitative estimate of drug-likeness (QED) is 0.911. The van der Waals surface area contributed by atoms with Crippen molar-refractivity contribution in [3.05, 3.63) is 52.8 Å². The summed E-state index contributed by atoms with van der Waals surface area (Å²) < 4.78 is 1.80. The molecule has 0 fully saturated rings. The first kappa shape index (κ1) is 17.2. The molecule has 1 unspecified atom stereocenters. The Labute approximate surface area is 147 Å². The van der Waals surface area contributed by atoms with Crippen LogP contribution in [-0.2, 0) is 16.8 Å². The largest absolute Gasteiger partial charge is 0.479 e. The number of amides is 1. The standard InChI is InChI=1S/C19H23N3O3/c1-12-11-15(20-22(12)19(2,3)4)17(23)21-10-9-13-7-5-6-8-14(13)16(21)18(24)25/h5-8,11,16H,9-10H2,1-4H3,(H,24,25). The number of fused-ring (bicyclic) bond motifs is 1. The fourth-order valence-corrected chi connectivity index (χ4v) is 3.46. The van der Waals surface area contributed by atoms with E-state index in [0.29, 0.717) is 18.5 Å². The van der Waals surface area contributed by atoms with Crippen LogP contribution in [0.3, 0.4) is 0 Å². The Hall–Kier alpha value is -2.63. The molecule has 1 aromatic heterocycles. The molecule has 0 radical (unpaired) electrons. The lowest BCUT2D eigenvalue weighted by molar-refractivity contribution is -0.143. The summed E-state index contributed by atoms with van der Waals surface area (Å²) in [6, 6.07) is 8.16. The van der Waals surface area contributed by atoms with Crippen molar-refractivity contribution >= 4 is 11.9 Å². The summed E-state index contributed by atoms with van der Waals surface area (Å²) >= 11 is 0. The number of carbonyl (C=O) groups excluding carboxylic acids is 1. The van der Waals surface area contributed by atoms with Crippen LogP contribution in [0.2, 0.25) is 0 Å². The van der Waals surface area contributed by atoms with E-state index >= 15 is 0 Å². The molecule has 0 aliphatic carbocycles. The van der Waals surface area contributed by atoms with Gasteiger partial charge in [0.25, 0.3) is 5.91 Å². The third-order valence-corrected chi connectivity index (χ3v) is 4.52. The second-order valence-corrected chi connectivity index (χ2v) is 7.44. The second-order valence-electron chi connectivity index (χ2n) is 7.44. The maximum absolute atomic E-state index is 13.0. The molecule has 0 spiro atoms. The van der Waals surface area contributed by atoms with Gasteiger partial charge in [-0.05, 0) is 51.3 Å². The summed E-state index contributed by atoms with van der Waals surface area (Å²) in [5, 5.41) is 14.2. The first-order chi connectivity index (χ1) is 11.7. The number of carbonyl (C=O) groups is 2. The smallest absolute Gasteiger partial charge is 0.331 e. The van der Waals surface area contributed by atoms with Crippen LogP contribution in [-0.4, -0.2) is 38.2 Å². The predicted octanol–water partition coefficient (Wildman–Crippen LogP) is 2.77. The van der Waals surface area contributed by atoms with Gasteiger partial charge in [0.05, 0.1) is 5.54 Å². The van der Waals surface area contributed by atoms with Gasteiger partial charge in [-0.2, -0.15) is 5.10 Å². The lowest BCUT2D eigenvalue weighted by Gasteiger charge is -2.34. The van der Waals surface area contributed by atoms with E-state index in [-0.39, 0.29) is 17.1 Å². The molecule has 132 valence electrons. The van der Waals surface area contributed by atoms with Gasteiger partial charge >= 0.3 is 5.97 Å². The van der Waals surface area contributed by atoms with E-state index in [1.54, 1.807) is 22.9 Å². The molecule has 1 aliphatic heterocycles. The van der Waals surface area contributed by atoms with Crippen molar-refractivity contribution in [2.24, 2.45) is 0 Å². The molecule has 1 aromatic carbocycles. The van der Waals surface area contributed by atoms with E-state index in [1.165, 1.54) is 4.90 Å². The molecular formula is C19H23N3O3. The Morgan fingerprint density at radius 3 is 2.52 bits per heavy atom. The maximum atomic E-state index is 13.0. The molecule has 0 saturated carbocycles. The highest BCUT2D eigenvalue weighted by molar-refractivity contribution is 5.95. The van der Waals surface area contributed by atoms with Crippen LogP contribution in [0.5, 0.6) is 0 Å². The average Bonchev–Trinajstić information content (AvgIpc) is 2.95. The Bertz CT molecular complexity index is 833. The van der Waals surface area contributed by atoms with E-state index in [2.05, 4.69) is 5.10 Å². The van der Waals surface area contributed by atoms with Gasteiger partial charge in [0.2, 0.25) is 0 Å². The third kappa shape index (κ3) is 3.04. The van der Waals surface area contributed by atoms with Crippen molar-refractivity contribution < 1.29 is 14.7 Å². The van der Waals surface area contributed by atoms with E-state index in [4.69, 9.17) is 0 Å². The molecular weight excluding hydrogens is 318 g/mol. The number of aromatic nitrogens is 2. The zero-order valence-corrected chi connectivity index (χ0v) is 15.0. The topological polar surface area (TPSA) is 75.4 Å².